The number of hydrogen-bond donors (Lipinski definition) is 2. The molecular formula is C14H17N3O3. The van der Waals surface area contributed by atoms with Gasteiger partial charge in [0.1, 0.15) is 0 Å². The summed E-state index contributed by atoms with van der Waals surface area (Å²) in [5, 5.41) is 3.28. The highest BCUT2D eigenvalue weighted by molar-refractivity contribution is 5.81. The predicted molar refractivity (Wildman–Crippen MR) is 74.6 cm³/mol. The van der Waals surface area contributed by atoms with Crippen LogP contribution in [0.5, 0.6) is 0 Å². The van der Waals surface area contributed by atoms with E-state index >= 15 is 0 Å². The summed E-state index contributed by atoms with van der Waals surface area (Å²) in [6, 6.07) is 5.35. The van der Waals surface area contributed by atoms with Crippen LogP contribution in [0.1, 0.15) is 12.0 Å². The minimum atomic E-state index is -0.470. The van der Waals surface area contributed by atoms with Crippen molar-refractivity contribution in [2.24, 2.45) is 0 Å². The first kappa shape index (κ1) is 12.9. The van der Waals surface area contributed by atoms with Crippen molar-refractivity contribution in [3.63, 3.8) is 0 Å². The quantitative estimate of drug-likeness (QED) is 0.836. The molecule has 1 amide bonds. The third-order valence-corrected chi connectivity index (χ3v) is 3.53. The molecule has 0 unspecified atom stereocenters. The molecule has 1 aromatic heterocycles. The van der Waals surface area contributed by atoms with E-state index in [4.69, 9.17) is 4.42 Å². The smallest absolute Gasteiger partial charge is 0.408 e. The number of carbonyl (C=O) groups excluding carboxylic acids is 1. The number of benzene rings is 1. The van der Waals surface area contributed by atoms with Crippen molar-refractivity contribution in [3.8, 4) is 0 Å². The van der Waals surface area contributed by atoms with Crippen LogP contribution in [0.2, 0.25) is 0 Å². The van der Waals surface area contributed by atoms with E-state index in [1.165, 1.54) is 0 Å². The summed E-state index contributed by atoms with van der Waals surface area (Å²) in [6.45, 7) is 3.37. The minimum Gasteiger partial charge on any atom is -0.408 e. The molecule has 6 heteroatoms. The van der Waals surface area contributed by atoms with Crippen LogP contribution >= 0.6 is 0 Å². The summed E-state index contributed by atoms with van der Waals surface area (Å²) in [7, 11) is 0. The summed E-state index contributed by atoms with van der Waals surface area (Å²) < 4.78 is 4.95. The number of rotatable bonds is 2. The molecule has 0 saturated carbocycles. The molecular weight excluding hydrogens is 258 g/mol. The van der Waals surface area contributed by atoms with Gasteiger partial charge in [0.15, 0.2) is 5.58 Å². The van der Waals surface area contributed by atoms with Gasteiger partial charge in [0.2, 0.25) is 5.91 Å². The highest BCUT2D eigenvalue weighted by atomic mass is 16.4. The molecule has 0 aliphatic carbocycles. The predicted octanol–water partition coefficient (Wildman–Crippen LogP) is 0.485. The van der Waals surface area contributed by atoms with Crippen LogP contribution in [0.15, 0.2) is 27.4 Å². The molecule has 1 aliphatic rings. The van der Waals surface area contributed by atoms with E-state index in [-0.39, 0.29) is 5.91 Å². The van der Waals surface area contributed by atoms with Crippen molar-refractivity contribution in [1.29, 1.82) is 0 Å². The van der Waals surface area contributed by atoms with Gasteiger partial charge in [-0.05, 0) is 30.7 Å². The van der Waals surface area contributed by atoms with E-state index in [9.17, 15) is 9.59 Å². The molecule has 106 valence electrons. The van der Waals surface area contributed by atoms with Crippen LogP contribution < -0.4 is 11.1 Å². The molecule has 6 nitrogen and oxygen atoms in total. The van der Waals surface area contributed by atoms with Gasteiger partial charge in [0, 0.05) is 19.6 Å². The first-order chi connectivity index (χ1) is 9.72. The Morgan fingerprint density at radius 1 is 1.30 bits per heavy atom. The lowest BCUT2D eigenvalue weighted by Gasteiger charge is -2.19. The molecule has 0 atom stereocenters. The minimum absolute atomic E-state index is 0.124. The van der Waals surface area contributed by atoms with Crippen LogP contribution in [0.3, 0.4) is 0 Å². The first-order valence-corrected chi connectivity index (χ1v) is 6.82. The summed E-state index contributed by atoms with van der Waals surface area (Å²) in [5.74, 6) is -0.346. The Balaban J connectivity index is 1.74. The van der Waals surface area contributed by atoms with Crippen LogP contribution in [0, 0.1) is 0 Å². The van der Waals surface area contributed by atoms with Gasteiger partial charge in [-0.15, -0.1) is 0 Å². The number of amides is 1. The number of H-pyrrole nitrogens is 1. The molecule has 3 rings (SSSR count). The van der Waals surface area contributed by atoms with E-state index in [2.05, 4.69) is 10.3 Å². The summed E-state index contributed by atoms with van der Waals surface area (Å²) >= 11 is 0. The Hall–Kier alpha value is -2.08. The third kappa shape index (κ3) is 2.75. The number of aromatic amines is 1. The van der Waals surface area contributed by atoms with E-state index < -0.39 is 5.76 Å². The average Bonchev–Trinajstić information content (AvgIpc) is 2.64. The Kier molecular flexibility index (Phi) is 3.56. The number of oxazole rings is 1. The number of carbonyl (C=O) groups is 1. The lowest BCUT2D eigenvalue weighted by Crippen LogP contribution is -2.35. The largest absolute Gasteiger partial charge is 0.417 e. The molecule has 0 spiro atoms. The van der Waals surface area contributed by atoms with Gasteiger partial charge in [-0.3, -0.25) is 9.78 Å². The fraction of sp³-hybridized carbons (Fsp3) is 0.429. The van der Waals surface area contributed by atoms with Crippen LogP contribution in [-0.2, 0) is 11.2 Å². The third-order valence-electron chi connectivity index (χ3n) is 3.53. The standard InChI is InChI=1S/C14H17N3O3/c18-13(17-6-1-4-15-5-7-17)9-10-2-3-12-11(8-10)16-14(19)20-12/h2-3,8,15H,1,4-7,9H2,(H,16,19). The fourth-order valence-corrected chi connectivity index (χ4v) is 2.49. The second-order valence-electron chi connectivity index (χ2n) is 5.01. The molecule has 2 heterocycles. The van der Waals surface area contributed by atoms with E-state index in [0.717, 1.165) is 38.2 Å². The van der Waals surface area contributed by atoms with Gasteiger partial charge in [0.05, 0.1) is 11.9 Å². The Morgan fingerprint density at radius 2 is 2.20 bits per heavy atom. The van der Waals surface area contributed by atoms with Gasteiger partial charge < -0.3 is 14.6 Å². The van der Waals surface area contributed by atoms with Gasteiger partial charge in [-0.1, -0.05) is 6.07 Å². The first-order valence-electron chi connectivity index (χ1n) is 6.82. The Labute approximate surface area is 115 Å². The average molecular weight is 275 g/mol. The van der Waals surface area contributed by atoms with Crippen LogP contribution in [0.25, 0.3) is 11.1 Å². The summed E-state index contributed by atoms with van der Waals surface area (Å²) in [5.41, 5.74) is 2.04. The highest BCUT2D eigenvalue weighted by Crippen LogP contribution is 2.13. The molecule has 0 bridgehead atoms. The topological polar surface area (TPSA) is 78.3 Å². The zero-order chi connectivity index (χ0) is 13.9. The molecule has 1 saturated heterocycles. The summed E-state index contributed by atoms with van der Waals surface area (Å²) in [6.07, 6.45) is 1.34. The number of hydrogen-bond acceptors (Lipinski definition) is 4. The zero-order valence-corrected chi connectivity index (χ0v) is 11.1. The Morgan fingerprint density at radius 3 is 3.10 bits per heavy atom. The molecule has 1 fully saturated rings. The van der Waals surface area contributed by atoms with Crippen molar-refractivity contribution in [3.05, 3.63) is 34.3 Å². The molecule has 1 aromatic carbocycles. The van der Waals surface area contributed by atoms with E-state index in [0.29, 0.717) is 17.5 Å². The second kappa shape index (κ2) is 5.50. The normalized spacial score (nSPS) is 16.3. The molecule has 0 radical (unpaired) electrons. The maximum atomic E-state index is 12.3. The van der Waals surface area contributed by atoms with Crippen molar-refractivity contribution in [1.82, 2.24) is 15.2 Å². The van der Waals surface area contributed by atoms with Gasteiger partial charge >= 0.3 is 5.76 Å². The van der Waals surface area contributed by atoms with Crippen LogP contribution in [0.4, 0.5) is 0 Å². The lowest BCUT2D eigenvalue weighted by molar-refractivity contribution is -0.130. The SMILES string of the molecule is O=C(Cc1ccc2oc(=O)[nH]c2c1)N1CCCNCC1. The van der Waals surface area contributed by atoms with Gasteiger partial charge in [0.25, 0.3) is 0 Å². The maximum absolute atomic E-state index is 12.3. The number of nitrogens with zero attached hydrogens (tertiary/aromatic N) is 1. The van der Waals surface area contributed by atoms with Crippen molar-refractivity contribution < 1.29 is 9.21 Å². The zero-order valence-electron chi connectivity index (χ0n) is 11.1. The maximum Gasteiger partial charge on any atom is 0.417 e. The number of aromatic nitrogens is 1. The highest BCUT2D eigenvalue weighted by Gasteiger charge is 2.16. The van der Waals surface area contributed by atoms with Gasteiger partial charge in [-0.25, -0.2) is 4.79 Å². The number of nitrogens with one attached hydrogen (secondary N) is 2. The number of fused-ring (bicyclic) bond motifs is 1. The monoisotopic (exact) mass is 275 g/mol. The molecule has 2 aromatic rings. The van der Waals surface area contributed by atoms with Gasteiger partial charge in [-0.2, -0.15) is 0 Å². The molecule has 1 aliphatic heterocycles. The van der Waals surface area contributed by atoms with Crippen molar-refractivity contribution >= 4 is 17.0 Å². The van der Waals surface area contributed by atoms with Crippen molar-refractivity contribution in [2.75, 3.05) is 26.2 Å². The fourth-order valence-electron chi connectivity index (χ4n) is 2.49. The van der Waals surface area contributed by atoms with E-state index in [1.54, 1.807) is 12.1 Å². The van der Waals surface area contributed by atoms with E-state index in [1.807, 2.05) is 11.0 Å². The molecule has 2 N–H and O–H groups in total. The summed E-state index contributed by atoms with van der Waals surface area (Å²) in [4.78, 5) is 27.9. The van der Waals surface area contributed by atoms with Crippen molar-refractivity contribution in [2.45, 2.75) is 12.8 Å². The Bertz CT molecular complexity index is 666. The van der Waals surface area contributed by atoms with Crippen LogP contribution in [-0.4, -0.2) is 42.0 Å². The lowest BCUT2D eigenvalue weighted by atomic mass is 10.1. The second-order valence-corrected chi connectivity index (χ2v) is 5.01. The molecule has 20 heavy (non-hydrogen) atoms.